The van der Waals surface area contributed by atoms with Gasteiger partial charge in [0.15, 0.2) is 0 Å². The highest BCUT2D eigenvalue weighted by Crippen LogP contribution is 2.57. The average molecular weight is 290 g/mol. The first-order valence-corrected chi connectivity index (χ1v) is 9.71. The fourth-order valence-electron chi connectivity index (χ4n) is 4.16. The molecule has 110 valence electrons. The van der Waals surface area contributed by atoms with Crippen LogP contribution >= 0.6 is 7.92 Å². The highest BCUT2D eigenvalue weighted by atomic mass is 31.1. The van der Waals surface area contributed by atoms with Crippen LogP contribution in [0.4, 0.5) is 0 Å². The van der Waals surface area contributed by atoms with Crippen molar-refractivity contribution >= 4 is 13.2 Å². The van der Waals surface area contributed by atoms with Crippen molar-refractivity contribution in [1.82, 2.24) is 0 Å². The Morgan fingerprint density at radius 2 is 1.50 bits per heavy atom. The van der Waals surface area contributed by atoms with Crippen LogP contribution in [-0.2, 0) is 0 Å². The van der Waals surface area contributed by atoms with Gasteiger partial charge in [-0.15, -0.1) is 0 Å². The van der Waals surface area contributed by atoms with Crippen molar-refractivity contribution in [3.8, 4) is 5.75 Å². The number of rotatable bonds is 4. The average Bonchev–Trinajstić information content (AvgIpc) is 3.14. The zero-order valence-corrected chi connectivity index (χ0v) is 13.8. The van der Waals surface area contributed by atoms with E-state index in [0.717, 1.165) is 17.1 Å². The molecule has 0 heterocycles. The number of aryl methyl sites for hydroxylation is 1. The van der Waals surface area contributed by atoms with E-state index in [4.69, 9.17) is 4.74 Å². The minimum absolute atomic E-state index is 0.0305. The molecule has 2 fully saturated rings. The Hall–Kier alpha value is -0.550. The third kappa shape index (κ3) is 2.75. The molecule has 2 aliphatic rings. The van der Waals surface area contributed by atoms with Crippen LogP contribution in [0.3, 0.4) is 0 Å². The summed E-state index contributed by atoms with van der Waals surface area (Å²) >= 11 is 0. The van der Waals surface area contributed by atoms with Crippen LogP contribution < -0.4 is 10.0 Å². The second-order valence-corrected chi connectivity index (χ2v) is 9.13. The first kappa shape index (κ1) is 14.4. The van der Waals surface area contributed by atoms with Gasteiger partial charge < -0.3 is 4.74 Å². The van der Waals surface area contributed by atoms with Crippen LogP contribution in [0.1, 0.15) is 56.9 Å². The van der Waals surface area contributed by atoms with Crippen molar-refractivity contribution in [3.63, 3.8) is 0 Å². The highest BCUT2D eigenvalue weighted by molar-refractivity contribution is 7.67. The Labute approximate surface area is 124 Å². The van der Waals surface area contributed by atoms with E-state index in [1.807, 2.05) is 7.11 Å². The quantitative estimate of drug-likeness (QED) is 0.709. The van der Waals surface area contributed by atoms with Crippen molar-refractivity contribution in [2.75, 3.05) is 7.11 Å². The molecular formula is C18H27OP. The van der Waals surface area contributed by atoms with E-state index in [9.17, 15) is 0 Å². The van der Waals surface area contributed by atoms with Crippen LogP contribution in [0, 0.1) is 6.92 Å². The Bertz CT molecular complexity index is 429. The van der Waals surface area contributed by atoms with E-state index < -0.39 is 0 Å². The Morgan fingerprint density at radius 1 is 0.950 bits per heavy atom. The lowest BCUT2D eigenvalue weighted by Gasteiger charge is -2.32. The minimum Gasteiger partial charge on any atom is -0.496 e. The molecule has 0 atom stereocenters. The number of methoxy groups -OCH3 is 1. The van der Waals surface area contributed by atoms with E-state index in [2.05, 4.69) is 25.1 Å². The summed E-state index contributed by atoms with van der Waals surface area (Å²) in [5, 5.41) is 1.60. The standard InChI is InChI=1S/C18H27OP/c1-14-8-7-13-17(19-2)18(14)20(15-9-3-4-10-15)16-11-5-6-12-16/h7-8,13,15-16H,3-6,9-12H2,1-2H3. The van der Waals surface area contributed by atoms with E-state index in [-0.39, 0.29) is 7.92 Å². The molecule has 1 nitrogen and oxygen atoms in total. The molecule has 1 aromatic rings. The van der Waals surface area contributed by atoms with Crippen LogP contribution in [0.2, 0.25) is 0 Å². The molecule has 0 N–H and O–H groups in total. The molecule has 0 aliphatic heterocycles. The first-order valence-electron chi connectivity index (χ1n) is 8.23. The molecular weight excluding hydrogens is 263 g/mol. The Balaban J connectivity index is 1.99. The predicted octanol–water partition coefficient (Wildman–Crippen LogP) is 5.00. The fraction of sp³-hybridized carbons (Fsp3) is 0.667. The summed E-state index contributed by atoms with van der Waals surface area (Å²) in [6.45, 7) is 2.29. The van der Waals surface area contributed by atoms with E-state index in [1.54, 1.807) is 5.30 Å². The lowest BCUT2D eigenvalue weighted by molar-refractivity contribution is 0.418. The van der Waals surface area contributed by atoms with Gasteiger partial charge in [-0.2, -0.15) is 0 Å². The molecule has 20 heavy (non-hydrogen) atoms. The number of hydrogen-bond acceptors (Lipinski definition) is 1. The Morgan fingerprint density at radius 3 is 2.00 bits per heavy atom. The van der Waals surface area contributed by atoms with E-state index >= 15 is 0 Å². The second kappa shape index (κ2) is 6.48. The van der Waals surface area contributed by atoms with Crippen molar-refractivity contribution in [2.24, 2.45) is 0 Å². The smallest absolute Gasteiger partial charge is 0.126 e. The topological polar surface area (TPSA) is 9.23 Å². The summed E-state index contributed by atoms with van der Waals surface area (Å²) in [5.74, 6) is 1.16. The van der Waals surface area contributed by atoms with Gasteiger partial charge in [-0.3, -0.25) is 0 Å². The van der Waals surface area contributed by atoms with Gasteiger partial charge in [0.2, 0.25) is 0 Å². The van der Waals surface area contributed by atoms with Gasteiger partial charge in [-0.1, -0.05) is 45.7 Å². The van der Waals surface area contributed by atoms with Gasteiger partial charge in [-0.05, 0) is 55.6 Å². The van der Waals surface area contributed by atoms with Crippen LogP contribution in [-0.4, -0.2) is 18.4 Å². The molecule has 1 aromatic carbocycles. The monoisotopic (exact) mass is 290 g/mol. The van der Waals surface area contributed by atoms with Gasteiger partial charge in [0, 0.05) is 5.30 Å². The molecule has 0 saturated heterocycles. The molecule has 0 radical (unpaired) electrons. The van der Waals surface area contributed by atoms with Gasteiger partial charge >= 0.3 is 0 Å². The van der Waals surface area contributed by atoms with Crippen molar-refractivity contribution in [3.05, 3.63) is 23.8 Å². The van der Waals surface area contributed by atoms with Crippen molar-refractivity contribution < 1.29 is 4.74 Å². The molecule has 2 heteroatoms. The van der Waals surface area contributed by atoms with E-state index in [0.29, 0.717) is 0 Å². The summed E-state index contributed by atoms with van der Waals surface area (Å²) in [6, 6.07) is 6.62. The lowest BCUT2D eigenvalue weighted by Crippen LogP contribution is -2.22. The highest BCUT2D eigenvalue weighted by Gasteiger charge is 2.36. The van der Waals surface area contributed by atoms with Gasteiger partial charge in [-0.25, -0.2) is 0 Å². The summed E-state index contributed by atoms with van der Waals surface area (Å²) in [5.41, 5.74) is 3.39. The fourth-order valence-corrected chi connectivity index (χ4v) is 8.23. The van der Waals surface area contributed by atoms with Gasteiger partial charge in [0.25, 0.3) is 0 Å². The molecule has 3 rings (SSSR count). The number of hydrogen-bond donors (Lipinski definition) is 0. The van der Waals surface area contributed by atoms with Crippen LogP contribution in [0.15, 0.2) is 18.2 Å². The molecule has 2 aliphatic carbocycles. The molecule has 2 saturated carbocycles. The van der Waals surface area contributed by atoms with Crippen LogP contribution in [0.5, 0.6) is 5.75 Å². The molecule has 0 spiro atoms. The summed E-state index contributed by atoms with van der Waals surface area (Å²) in [6.07, 6.45) is 11.6. The molecule has 0 bridgehead atoms. The minimum atomic E-state index is -0.0305. The Kier molecular flexibility index (Phi) is 4.66. The van der Waals surface area contributed by atoms with E-state index in [1.165, 1.54) is 56.9 Å². The number of benzene rings is 1. The summed E-state index contributed by atoms with van der Waals surface area (Å²) in [4.78, 5) is 0. The van der Waals surface area contributed by atoms with Crippen molar-refractivity contribution in [1.29, 1.82) is 0 Å². The first-order chi connectivity index (χ1) is 9.81. The molecule has 0 aromatic heterocycles. The summed E-state index contributed by atoms with van der Waals surface area (Å²) in [7, 11) is 1.81. The van der Waals surface area contributed by atoms with Crippen LogP contribution in [0.25, 0.3) is 0 Å². The third-order valence-electron chi connectivity index (χ3n) is 5.12. The van der Waals surface area contributed by atoms with Crippen molar-refractivity contribution in [2.45, 2.75) is 69.6 Å². The maximum Gasteiger partial charge on any atom is 0.126 e. The SMILES string of the molecule is COc1cccc(C)c1P(C1CCCC1)C1CCCC1. The summed E-state index contributed by atoms with van der Waals surface area (Å²) < 4.78 is 5.74. The maximum atomic E-state index is 5.74. The largest absolute Gasteiger partial charge is 0.496 e. The van der Waals surface area contributed by atoms with Gasteiger partial charge in [0.05, 0.1) is 7.11 Å². The normalized spacial score (nSPS) is 20.9. The zero-order chi connectivity index (χ0) is 13.9. The maximum absolute atomic E-state index is 5.74. The predicted molar refractivity (Wildman–Crippen MR) is 88.8 cm³/mol. The van der Waals surface area contributed by atoms with Gasteiger partial charge in [0.1, 0.15) is 5.75 Å². The molecule has 0 amide bonds. The number of ether oxygens (including phenoxy) is 1. The second-order valence-electron chi connectivity index (χ2n) is 6.41. The lowest BCUT2D eigenvalue weighted by atomic mass is 10.2. The third-order valence-corrected chi connectivity index (χ3v) is 8.81. The molecule has 0 unspecified atom stereocenters. The zero-order valence-electron chi connectivity index (χ0n) is 12.9.